The van der Waals surface area contributed by atoms with Gasteiger partial charge in [0, 0.05) is 12.5 Å². The predicted molar refractivity (Wildman–Crippen MR) is 42.0 cm³/mol. The van der Waals surface area contributed by atoms with Crippen molar-refractivity contribution in [2.75, 3.05) is 6.54 Å². The Labute approximate surface area is 66.8 Å². The molecule has 0 aromatic heterocycles. The van der Waals surface area contributed by atoms with Gasteiger partial charge in [0.15, 0.2) is 0 Å². The van der Waals surface area contributed by atoms with Crippen molar-refractivity contribution in [3.05, 3.63) is 0 Å². The highest BCUT2D eigenvalue weighted by Gasteiger charge is 2.29. The fourth-order valence-corrected chi connectivity index (χ4v) is 1.46. The topological polar surface area (TPSA) is 49.3 Å². The van der Waals surface area contributed by atoms with Crippen LogP contribution in [0, 0.1) is 11.8 Å². The molecule has 0 aromatic carbocycles. The lowest BCUT2D eigenvalue weighted by Gasteiger charge is -2.30. The summed E-state index contributed by atoms with van der Waals surface area (Å²) in [5.74, 6) is 0.632. The number of nitrogens with one attached hydrogen (secondary N) is 1. The van der Waals surface area contributed by atoms with Crippen molar-refractivity contribution in [2.45, 2.75) is 26.4 Å². The van der Waals surface area contributed by atoms with E-state index in [1.54, 1.807) is 0 Å². The molecular formula is C8H15NO2. The van der Waals surface area contributed by atoms with Crippen LogP contribution in [0.5, 0.6) is 0 Å². The number of carbonyl (C=O) groups is 1. The molecule has 0 aromatic rings. The first-order chi connectivity index (χ1) is 5.11. The molecule has 1 aliphatic heterocycles. The molecule has 1 rings (SSSR count). The lowest BCUT2D eigenvalue weighted by molar-refractivity contribution is -0.127. The zero-order chi connectivity index (χ0) is 8.43. The van der Waals surface area contributed by atoms with E-state index in [1.165, 1.54) is 0 Å². The largest absolute Gasteiger partial charge is 0.392 e. The summed E-state index contributed by atoms with van der Waals surface area (Å²) in [5.41, 5.74) is 0. The normalized spacial score (nSPS) is 32.2. The third-order valence-electron chi connectivity index (χ3n) is 2.28. The molecule has 1 heterocycles. The van der Waals surface area contributed by atoms with Gasteiger partial charge in [0.2, 0.25) is 5.91 Å². The van der Waals surface area contributed by atoms with Gasteiger partial charge in [0.05, 0.1) is 12.5 Å². The average Bonchev–Trinajstić information content (AvgIpc) is 1.85. The monoisotopic (exact) mass is 157 g/mol. The second-order valence-electron chi connectivity index (χ2n) is 3.48. The van der Waals surface area contributed by atoms with Crippen molar-refractivity contribution in [1.82, 2.24) is 5.32 Å². The second-order valence-corrected chi connectivity index (χ2v) is 3.48. The number of piperidine rings is 1. The van der Waals surface area contributed by atoms with Crippen LogP contribution in [0.3, 0.4) is 0 Å². The molecule has 11 heavy (non-hydrogen) atoms. The number of hydrogen-bond acceptors (Lipinski definition) is 2. The summed E-state index contributed by atoms with van der Waals surface area (Å²) in [5, 5.41) is 12.2. The molecule has 64 valence electrons. The van der Waals surface area contributed by atoms with Gasteiger partial charge in [-0.25, -0.2) is 0 Å². The molecule has 0 aliphatic carbocycles. The Bertz CT molecular complexity index is 156. The van der Waals surface area contributed by atoms with E-state index < -0.39 is 6.10 Å². The van der Waals surface area contributed by atoms with Crippen LogP contribution in [0.4, 0.5) is 0 Å². The quantitative estimate of drug-likeness (QED) is 0.569. The molecule has 1 amide bonds. The van der Waals surface area contributed by atoms with Crippen LogP contribution in [-0.4, -0.2) is 23.7 Å². The Morgan fingerprint density at radius 1 is 1.64 bits per heavy atom. The summed E-state index contributed by atoms with van der Waals surface area (Å²) in [6.07, 6.45) is -0.174. The van der Waals surface area contributed by atoms with Crippen LogP contribution < -0.4 is 5.32 Å². The SMILES string of the molecule is CC(C)[C@@H]1CNC(=O)C[C@H]1O. The zero-order valence-electron chi connectivity index (χ0n) is 7.00. The molecule has 2 N–H and O–H groups in total. The minimum Gasteiger partial charge on any atom is -0.392 e. The van der Waals surface area contributed by atoms with Crippen LogP contribution in [-0.2, 0) is 4.79 Å². The van der Waals surface area contributed by atoms with E-state index in [0.717, 1.165) is 0 Å². The maximum atomic E-state index is 10.8. The van der Waals surface area contributed by atoms with Gasteiger partial charge >= 0.3 is 0 Å². The molecular weight excluding hydrogens is 142 g/mol. The van der Waals surface area contributed by atoms with Crippen LogP contribution in [0.25, 0.3) is 0 Å². The third kappa shape index (κ3) is 1.93. The summed E-state index contributed by atoms with van der Waals surface area (Å²) >= 11 is 0. The Hall–Kier alpha value is -0.570. The van der Waals surface area contributed by atoms with E-state index in [1.807, 2.05) is 0 Å². The molecule has 0 saturated carbocycles. The molecule has 2 atom stereocenters. The summed E-state index contributed by atoms with van der Waals surface area (Å²) in [6, 6.07) is 0. The van der Waals surface area contributed by atoms with E-state index in [9.17, 15) is 9.90 Å². The first kappa shape index (κ1) is 8.53. The van der Waals surface area contributed by atoms with Crippen molar-refractivity contribution in [3.8, 4) is 0 Å². The van der Waals surface area contributed by atoms with E-state index in [2.05, 4.69) is 19.2 Å². The molecule has 1 saturated heterocycles. The van der Waals surface area contributed by atoms with Gasteiger partial charge in [-0.15, -0.1) is 0 Å². The standard InChI is InChI=1S/C8H15NO2/c1-5(2)6-4-9-8(11)3-7(6)10/h5-7,10H,3-4H2,1-2H3,(H,9,11)/t6-,7+/m0/s1. The Morgan fingerprint density at radius 2 is 2.27 bits per heavy atom. The highest BCUT2D eigenvalue weighted by molar-refractivity contribution is 5.77. The lowest BCUT2D eigenvalue weighted by Crippen LogP contribution is -2.45. The van der Waals surface area contributed by atoms with Crippen LogP contribution in [0.1, 0.15) is 20.3 Å². The molecule has 0 bridgehead atoms. The highest BCUT2D eigenvalue weighted by atomic mass is 16.3. The van der Waals surface area contributed by atoms with Gasteiger partial charge in [-0.3, -0.25) is 4.79 Å². The molecule has 0 spiro atoms. The van der Waals surface area contributed by atoms with Crippen LogP contribution in [0.15, 0.2) is 0 Å². The fraction of sp³-hybridized carbons (Fsp3) is 0.875. The molecule has 1 aliphatic rings. The average molecular weight is 157 g/mol. The maximum Gasteiger partial charge on any atom is 0.222 e. The molecule has 3 heteroatoms. The number of aliphatic hydroxyl groups excluding tert-OH is 1. The Balaban J connectivity index is 2.50. The number of amides is 1. The Kier molecular flexibility index (Phi) is 2.49. The highest BCUT2D eigenvalue weighted by Crippen LogP contribution is 2.19. The fourth-order valence-electron chi connectivity index (χ4n) is 1.46. The van der Waals surface area contributed by atoms with Crippen molar-refractivity contribution in [2.24, 2.45) is 11.8 Å². The van der Waals surface area contributed by atoms with Crippen molar-refractivity contribution >= 4 is 5.91 Å². The van der Waals surface area contributed by atoms with E-state index in [-0.39, 0.29) is 18.2 Å². The van der Waals surface area contributed by atoms with Gasteiger partial charge < -0.3 is 10.4 Å². The number of rotatable bonds is 1. The van der Waals surface area contributed by atoms with Crippen LogP contribution in [0.2, 0.25) is 0 Å². The smallest absolute Gasteiger partial charge is 0.222 e. The zero-order valence-corrected chi connectivity index (χ0v) is 7.00. The van der Waals surface area contributed by atoms with Gasteiger partial charge in [-0.1, -0.05) is 13.8 Å². The lowest BCUT2D eigenvalue weighted by atomic mass is 9.86. The van der Waals surface area contributed by atoms with Crippen molar-refractivity contribution < 1.29 is 9.90 Å². The van der Waals surface area contributed by atoms with E-state index in [4.69, 9.17) is 0 Å². The molecule has 3 nitrogen and oxygen atoms in total. The van der Waals surface area contributed by atoms with Crippen LogP contribution >= 0.6 is 0 Å². The summed E-state index contributed by atoms with van der Waals surface area (Å²) in [6.45, 7) is 4.74. The summed E-state index contributed by atoms with van der Waals surface area (Å²) in [7, 11) is 0. The van der Waals surface area contributed by atoms with Gasteiger partial charge in [0.1, 0.15) is 0 Å². The van der Waals surface area contributed by atoms with Gasteiger partial charge in [-0.05, 0) is 5.92 Å². The Morgan fingerprint density at radius 3 is 2.73 bits per heavy atom. The first-order valence-electron chi connectivity index (χ1n) is 4.06. The minimum absolute atomic E-state index is 0.0330. The maximum absolute atomic E-state index is 10.8. The second kappa shape index (κ2) is 3.22. The van der Waals surface area contributed by atoms with E-state index >= 15 is 0 Å². The van der Waals surface area contributed by atoms with E-state index in [0.29, 0.717) is 12.5 Å². The van der Waals surface area contributed by atoms with Crippen molar-refractivity contribution in [3.63, 3.8) is 0 Å². The van der Waals surface area contributed by atoms with Gasteiger partial charge in [-0.2, -0.15) is 0 Å². The molecule has 0 unspecified atom stereocenters. The first-order valence-corrected chi connectivity index (χ1v) is 4.06. The van der Waals surface area contributed by atoms with Gasteiger partial charge in [0.25, 0.3) is 0 Å². The molecule has 1 fully saturated rings. The number of carbonyl (C=O) groups excluding carboxylic acids is 1. The summed E-state index contributed by atoms with van der Waals surface area (Å²) < 4.78 is 0. The minimum atomic E-state index is -0.441. The number of hydrogen-bond donors (Lipinski definition) is 2. The molecule has 0 radical (unpaired) electrons. The summed E-state index contributed by atoms with van der Waals surface area (Å²) in [4.78, 5) is 10.8. The van der Waals surface area contributed by atoms with Crippen molar-refractivity contribution in [1.29, 1.82) is 0 Å². The third-order valence-corrected chi connectivity index (χ3v) is 2.28. The number of aliphatic hydroxyl groups is 1. The predicted octanol–water partition coefficient (Wildman–Crippen LogP) is 0.139.